The highest BCUT2D eigenvalue weighted by atomic mass is 16.4. The molecule has 0 aliphatic heterocycles. The molecular weight excluding hydrogens is 326 g/mol. The van der Waals surface area contributed by atoms with Gasteiger partial charge in [-0.2, -0.15) is 5.10 Å². The lowest BCUT2D eigenvalue weighted by Gasteiger charge is -2.26. The molecule has 1 aliphatic rings. The third-order valence-electron chi connectivity index (χ3n) is 4.97. The van der Waals surface area contributed by atoms with Crippen LogP contribution in [0.25, 0.3) is 0 Å². The minimum Gasteiger partial charge on any atom is -0.454 e. The predicted molar refractivity (Wildman–Crippen MR) is 99.1 cm³/mol. The second-order valence-electron chi connectivity index (χ2n) is 6.97. The van der Waals surface area contributed by atoms with Crippen molar-refractivity contribution < 1.29 is 9.21 Å². The lowest BCUT2D eigenvalue weighted by Crippen LogP contribution is -2.30. The molecule has 1 unspecified atom stereocenters. The molecule has 4 rings (SSSR count). The van der Waals surface area contributed by atoms with E-state index in [0.29, 0.717) is 12.3 Å². The topological polar surface area (TPSA) is 60.1 Å². The summed E-state index contributed by atoms with van der Waals surface area (Å²) >= 11 is 0. The molecule has 26 heavy (non-hydrogen) atoms. The Morgan fingerprint density at radius 1 is 1.27 bits per heavy atom. The Hall–Kier alpha value is -2.82. The van der Waals surface area contributed by atoms with E-state index in [4.69, 9.17) is 4.42 Å². The first-order valence-electron chi connectivity index (χ1n) is 9.08. The van der Waals surface area contributed by atoms with Crippen molar-refractivity contribution in [3.05, 3.63) is 76.5 Å². The van der Waals surface area contributed by atoms with Gasteiger partial charge in [-0.05, 0) is 62.4 Å². The molecule has 0 spiro atoms. The largest absolute Gasteiger partial charge is 0.454 e. The van der Waals surface area contributed by atoms with Crippen molar-refractivity contribution in [2.45, 2.75) is 45.7 Å². The summed E-state index contributed by atoms with van der Waals surface area (Å²) < 4.78 is 7.65. The van der Waals surface area contributed by atoms with E-state index >= 15 is 0 Å². The molecule has 0 bridgehead atoms. The predicted octanol–water partition coefficient (Wildman–Crippen LogP) is 3.95. The van der Waals surface area contributed by atoms with Gasteiger partial charge in [-0.1, -0.05) is 24.3 Å². The Morgan fingerprint density at radius 3 is 2.92 bits per heavy atom. The number of carbonyl (C=O) groups excluding carboxylic acids is 1. The number of benzene rings is 1. The van der Waals surface area contributed by atoms with Gasteiger partial charge in [0.2, 0.25) is 0 Å². The van der Waals surface area contributed by atoms with Gasteiger partial charge in [0, 0.05) is 5.69 Å². The van der Waals surface area contributed by atoms with Crippen LogP contribution in [0.5, 0.6) is 0 Å². The van der Waals surface area contributed by atoms with Gasteiger partial charge in [0.25, 0.3) is 5.91 Å². The lowest BCUT2D eigenvalue weighted by atomic mass is 9.88. The van der Waals surface area contributed by atoms with Gasteiger partial charge in [-0.15, -0.1) is 0 Å². The molecule has 1 amide bonds. The molecular formula is C21H23N3O2. The number of aryl methyl sites for hydroxylation is 3. The molecule has 5 nitrogen and oxygen atoms in total. The normalized spacial score (nSPS) is 16.3. The number of amides is 1. The number of carbonyl (C=O) groups is 1. The fourth-order valence-corrected chi connectivity index (χ4v) is 3.70. The Labute approximate surface area is 153 Å². The highest BCUT2D eigenvalue weighted by molar-refractivity contribution is 5.91. The van der Waals surface area contributed by atoms with E-state index in [2.05, 4.69) is 28.6 Å². The molecule has 2 heterocycles. The SMILES string of the molecule is Cc1cc(C)n(Cc2ccc(C(=O)NC3CCCc4ccccc43)o2)n1. The van der Waals surface area contributed by atoms with E-state index in [1.165, 1.54) is 11.1 Å². The summed E-state index contributed by atoms with van der Waals surface area (Å²) in [7, 11) is 0. The zero-order valence-corrected chi connectivity index (χ0v) is 15.2. The van der Waals surface area contributed by atoms with Crippen LogP contribution in [0.2, 0.25) is 0 Å². The summed E-state index contributed by atoms with van der Waals surface area (Å²) in [6, 6.07) is 14.0. The van der Waals surface area contributed by atoms with Crippen LogP contribution in [-0.4, -0.2) is 15.7 Å². The fraction of sp³-hybridized carbons (Fsp3) is 0.333. The van der Waals surface area contributed by atoms with E-state index < -0.39 is 0 Å². The molecule has 0 fully saturated rings. The minimum atomic E-state index is -0.161. The second-order valence-corrected chi connectivity index (χ2v) is 6.97. The third-order valence-corrected chi connectivity index (χ3v) is 4.97. The minimum absolute atomic E-state index is 0.0528. The van der Waals surface area contributed by atoms with Gasteiger partial charge >= 0.3 is 0 Å². The average Bonchev–Trinajstić information content (AvgIpc) is 3.22. The van der Waals surface area contributed by atoms with Crippen molar-refractivity contribution >= 4 is 5.91 Å². The van der Waals surface area contributed by atoms with Crippen LogP contribution in [0.15, 0.2) is 46.9 Å². The number of nitrogens with zero attached hydrogens (tertiary/aromatic N) is 2. The first kappa shape index (κ1) is 16.6. The number of furan rings is 1. The number of aromatic nitrogens is 2. The van der Waals surface area contributed by atoms with Gasteiger partial charge in [0.15, 0.2) is 5.76 Å². The molecule has 1 N–H and O–H groups in total. The van der Waals surface area contributed by atoms with Crippen LogP contribution >= 0.6 is 0 Å². The smallest absolute Gasteiger partial charge is 0.287 e. The maximum atomic E-state index is 12.6. The standard InChI is InChI=1S/C21H23N3O2/c1-14-12-15(2)24(23-14)13-17-10-11-20(26-17)21(25)22-19-9-5-7-16-6-3-4-8-18(16)19/h3-4,6,8,10-12,19H,5,7,9,13H2,1-2H3,(H,22,25). The summed E-state index contributed by atoms with van der Waals surface area (Å²) in [6.07, 6.45) is 3.13. The van der Waals surface area contributed by atoms with Crippen LogP contribution in [0.4, 0.5) is 0 Å². The third kappa shape index (κ3) is 3.29. The molecule has 3 aromatic rings. The fourth-order valence-electron chi connectivity index (χ4n) is 3.70. The summed E-state index contributed by atoms with van der Waals surface area (Å²) in [5.41, 5.74) is 4.60. The zero-order chi connectivity index (χ0) is 18.1. The van der Waals surface area contributed by atoms with E-state index in [-0.39, 0.29) is 11.9 Å². The van der Waals surface area contributed by atoms with Crippen molar-refractivity contribution in [2.75, 3.05) is 0 Å². The summed E-state index contributed by atoms with van der Waals surface area (Å²) in [6.45, 7) is 4.50. The second kappa shape index (κ2) is 6.83. The number of nitrogens with one attached hydrogen (secondary N) is 1. The lowest BCUT2D eigenvalue weighted by molar-refractivity contribution is 0.0902. The molecule has 2 aromatic heterocycles. The Kier molecular flexibility index (Phi) is 4.37. The molecule has 1 aromatic carbocycles. The summed E-state index contributed by atoms with van der Waals surface area (Å²) in [5, 5.41) is 7.56. The molecule has 1 aliphatic carbocycles. The number of hydrogen-bond acceptors (Lipinski definition) is 3. The Bertz CT molecular complexity index is 938. The van der Waals surface area contributed by atoms with Crippen LogP contribution in [0.1, 0.15) is 57.7 Å². The molecule has 0 radical (unpaired) electrons. The highest BCUT2D eigenvalue weighted by Crippen LogP contribution is 2.29. The van der Waals surface area contributed by atoms with Crippen LogP contribution in [-0.2, 0) is 13.0 Å². The van der Waals surface area contributed by atoms with Crippen molar-refractivity contribution in [2.24, 2.45) is 0 Å². The van der Waals surface area contributed by atoms with Crippen molar-refractivity contribution in [3.8, 4) is 0 Å². The average molecular weight is 349 g/mol. The van der Waals surface area contributed by atoms with Crippen LogP contribution < -0.4 is 5.32 Å². The molecule has 1 atom stereocenters. The highest BCUT2D eigenvalue weighted by Gasteiger charge is 2.23. The molecule has 0 saturated heterocycles. The van der Waals surface area contributed by atoms with Gasteiger partial charge in [-0.25, -0.2) is 0 Å². The van der Waals surface area contributed by atoms with Gasteiger partial charge in [0.05, 0.1) is 18.3 Å². The van der Waals surface area contributed by atoms with E-state index in [9.17, 15) is 4.79 Å². The first-order valence-corrected chi connectivity index (χ1v) is 9.08. The number of hydrogen-bond donors (Lipinski definition) is 1. The van der Waals surface area contributed by atoms with Gasteiger partial charge < -0.3 is 9.73 Å². The Morgan fingerprint density at radius 2 is 2.12 bits per heavy atom. The first-order chi connectivity index (χ1) is 12.6. The molecule has 0 saturated carbocycles. The quantitative estimate of drug-likeness (QED) is 0.776. The summed E-state index contributed by atoms with van der Waals surface area (Å²) in [4.78, 5) is 12.6. The molecule has 134 valence electrons. The van der Waals surface area contributed by atoms with E-state index in [0.717, 1.165) is 36.4 Å². The maximum absolute atomic E-state index is 12.6. The van der Waals surface area contributed by atoms with Crippen molar-refractivity contribution in [1.29, 1.82) is 0 Å². The van der Waals surface area contributed by atoms with E-state index in [1.807, 2.05) is 36.7 Å². The van der Waals surface area contributed by atoms with Crippen molar-refractivity contribution in [3.63, 3.8) is 0 Å². The van der Waals surface area contributed by atoms with Crippen molar-refractivity contribution in [1.82, 2.24) is 15.1 Å². The maximum Gasteiger partial charge on any atom is 0.287 e. The Balaban J connectivity index is 1.46. The van der Waals surface area contributed by atoms with Gasteiger partial charge in [-0.3, -0.25) is 9.48 Å². The summed E-state index contributed by atoms with van der Waals surface area (Å²) in [5.74, 6) is 0.918. The zero-order valence-electron chi connectivity index (χ0n) is 15.2. The van der Waals surface area contributed by atoms with Crippen LogP contribution in [0, 0.1) is 13.8 Å². The number of fused-ring (bicyclic) bond motifs is 1. The number of rotatable bonds is 4. The molecule has 5 heteroatoms. The van der Waals surface area contributed by atoms with Gasteiger partial charge in [0.1, 0.15) is 5.76 Å². The van der Waals surface area contributed by atoms with Crippen LogP contribution in [0.3, 0.4) is 0 Å². The monoisotopic (exact) mass is 349 g/mol. The van der Waals surface area contributed by atoms with E-state index in [1.54, 1.807) is 6.07 Å².